The molecule has 0 radical (unpaired) electrons. The fourth-order valence-corrected chi connectivity index (χ4v) is 3.63. The van der Waals surface area contributed by atoms with Crippen molar-refractivity contribution in [1.82, 2.24) is 19.2 Å². The number of primary amides is 1. The predicted molar refractivity (Wildman–Crippen MR) is 104 cm³/mol. The quantitative estimate of drug-likeness (QED) is 0.512. The first-order chi connectivity index (χ1) is 13.5. The molecule has 146 valence electrons. The zero-order valence-corrected chi connectivity index (χ0v) is 15.3. The second-order valence-electron chi connectivity index (χ2n) is 6.76. The number of anilines is 3. The summed E-state index contributed by atoms with van der Waals surface area (Å²) in [5.41, 5.74) is 5.93. The van der Waals surface area contributed by atoms with Crippen LogP contribution in [0, 0.1) is 0 Å². The summed E-state index contributed by atoms with van der Waals surface area (Å²) in [4.78, 5) is 28.9. The van der Waals surface area contributed by atoms with Gasteiger partial charge in [-0.1, -0.05) is 0 Å². The van der Waals surface area contributed by atoms with Crippen molar-refractivity contribution in [2.24, 2.45) is 5.73 Å². The lowest BCUT2D eigenvalue weighted by Crippen LogP contribution is -2.30. The molecular formula is C18H21N7O3. The molecule has 0 spiro atoms. The van der Waals surface area contributed by atoms with E-state index in [0.717, 1.165) is 12.8 Å². The van der Waals surface area contributed by atoms with E-state index in [9.17, 15) is 14.7 Å². The van der Waals surface area contributed by atoms with Gasteiger partial charge in [0.05, 0.1) is 18.3 Å². The van der Waals surface area contributed by atoms with Gasteiger partial charge < -0.3 is 26.0 Å². The Morgan fingerprint density at radius 3 is 2.89 bits per heavy atom. The Morgan fingerprint density at radius 1 is 1.39 bits per heavy atom. The largest absolute Gasteiger partial charge is 0.391 e. The Labute approximate surface area is 160 Å². The van der Waals surface area contributed by atoms with Crippen LogP contribution in [0.15, 0.2) is 35.4 Å². The predicted octanol–water partition coefficient (Wildman–Crippen LogP) is 0.861. The highest BCUT2D eigenvalue weighted by molar-refractivity contribution is 5.98. The summed E-state index contributed by atoms with van der Waals surface area (Å²) in [6.07, 6.45) is 4.85. The molecule has 10 nitrogen and oxygen atoms in total. The molecule has 0 bridgehead atoms. The topological polar surface area (TPSA) is 140 Å². The summed E-state index contributed by atoms with van der Waals surface area (Å²) in [6, 6.07) is 4.84. The van der Waals surface area contributed by atoms with Gasteiger partial charge in [0, 0.05) is 19.3 Å². The Balaban J connectivity index is 1.75. The monoisotopic (exact) mass is 383 g/mol. The van der Waals surface area contributed by atoms with E-state index in [4.69, 9.17) is 5.73 Å². The molecule has 3 aromatic heterocycles. The summed E-state index contributed by atoms with van der Waals surface area (Å²) in [5, 5.41) is 20.3. The number of aliphatic hydroxyl groups excluding tert-OH is 1. The highest BCUT2D eigenvalue weighted by Gasteiger charge is 2.27. The molecule has 0 aliphatic heterocycles. The van der Waals surface area contributed by atoms with Crippen LogP contribution in [0.2, 0.25) is 0 Å². The molecule has 3 aromatic rings. The van der Waals surface area contributed by atoms with Gasteiger partial charge in [0.2, 0.25) is 0 Å². The van der Waals surface area contributed by atoms with Crippen LogP contribution in [0.25, 0.3) is 5.65 Å². The molecule has 4 rings (SSSR count). The highest BCUT2D eigenvalue weighted by Crippen LogP contribution is 2.29. The molecule has 1 aliphatic carbocycles. The van der Waals surface area contributed by atoms with E-state index in [1.54, 1.807) is 36.0 Å². The summed E-state index contributed by atoms with van der Waals surface area (Å²) in [5.74, 6) is 0.295. The first-order valence-electron chi connectivity index (χ1n) is 9.02. The summed E-state index contributed by atoms with van der Waals surface area (Å²) in [7, 11) is 1.71. The number of carbonyl (C=O) groups excluding carboxylic acids is 1. The van der Waals surface area contributed by atoms with Gasteiger partial charge in [-0.2, -0.15) is 9.61 Å². The van der Waals surface area contributed by atoms with E-state index in [-0.39, 0.29) is 22.8 Å². The second-order valence-corrected chi connectivity index (χ2v) is 6.76. The van der Waals surface area contributed by atoms with E-state index in [1.165, 1.54) is 10.7 Å². The number of rotatable bonds is 5. The zero-order valence-electron chi connectivity index (χ0n) is 15.3. The average molecular weight is 383 g/mol. The molecule has 1 aliphatic rings. The average Bonchev–Trinajstić information content (AvgIpc) is 3.29. The van der Waals surface area contributed by atoms with Crippen LogP contribution in [0.4, 0.5) is 17.3 Å². The molecule has 5 N–H and O–H groups in total. The van der Waals surface area contributed by atoms with Crippen LogP contribution in [0.1, 0.15) is 35.7 Å². The van der Waals surface area contributed by atoms with Gasteiger partial charge in [0.15, 0.2) is 5.65 Å². The van der Waals surface area contributed by atoms with Gasteiger partial charge in [-0.15, -0.1) is 0 Å². The van der Waals surface area contributed by atoms with Crippen LogP contribution in [0.3, 0.4) is 0 Å². The minimum absolute atomic E-state index is 0.180. The lowest BCUT2D eigenvalue weighted by molar-refractivity contribution is 0.100. The highest BCUT2D eigenvalue weighted by atomic mass is 16.3. The van der Waals surface area contributed by atoms with Gasteiger partial charge in [0.25, 0.3) is 11.5 Å². The van der Waals surface area contributed by atoms with E-state index in [1.807, 2.05) is 0 Å². The number of nitrogens with one attached hydrogen (secondary N) is 2. The summed E-state index contributed by atoms with van der Waals surface area (Å²) in [6.45, 7) is 0. The second kappa shape index (κ2) is 6.97. The van der Waals surface area contributed by atoms with Crippen LogP contribution in [0.5, 0.6) is 0 Å². The van der Waals surface area contributed by atoms with Crippen molar-refractivity contribution in [1.29, 1.82) is 0 Å². The molecule has 1 amide bonds. The number of carbonyl (C=O) groups is 1. The number of pyridine rings is 1. The van der Waals surface area contributed by atoms with Crippen LogP contribution >= 0.6 is 0 Å². The number of fused-ring (bicyclic) bond motifs is 1. The fourth-order valence-electron chi connectivity index (χ4n) is 3.63. The van der Waals surface area contributed by atoms with Crippen molar-refractivity contribution in [3.8, 4) is 0 Å². The summed E-state index contributed by atoms with van der Waals surface area (Å²) < 4.78 is 3.02. The third-order valence-corrected chi connectivity index (χ3v) is 5.03. The van der Waals surface area contributed by atoms with E-state index in [0.29, 0.717) is 23.7 Å². The maximum atomic E-state index is 12.9. The van der Waals surface area contributed by atoms with Crippen molar-refractivity contribution in [3.05, 3.63) is 46.5 Å². The molecule has 3 heterocycles. The molecule has 0 saturated heterocycles. The number of nitrogens with two attached hydrogens (primary N) is 1. The zero-order chi connectivity index (χ0) is 19.8. The molecule has 1 saturated carbocycles. The lowest BCUT2D eigenvalue weighted by atomic mass is 10.2. The third kappa shape index (κ3) is 2.97. The van der Waals surface area contributed by atoms with Gasteiger partial charge >= 0.3 is 0 Å². The minimum Gasteiger partial charge on any atom is -0.391 e. The maximum absolute atomic E-state index is 12.9. The Hall–Kier alpha value is -3.40. The standard InChI is InChI=1S/C18H21N7O3/c1-20-15-8-14(23-17-10(16(19)27)9-21-25(15)17)22-11-4-3-7-24(18(11)28)12-5-2-6-13(12)26/h3-4,7-9,12-13,20,26H,2,5-6H2,1H3,(H2,19,27)(H,22,23)/t12-,13+/m1/s1. The van der Waals surface area contributed by atoms with Gasteiger partial charge in [0.1, 0.15) is 22.9 Å². The number of aromatic nitrogens is 4. The van der Waals surface area contributed by atoms with Crippen LogP contribution in [-0.2, 0) is 0 Å². The molecule has 2 atom stereocenters. The molecule has 0 aromatic carbocycles. The molecule has 1 fully saturated rings. The molecular weight excluding hydrogens is 362 g/mol. The van der Waals surface area contributed by atoms with Crippen molar-refractivity contribution in [2.45, 2.75) is 31.4 Å². The van der Waals surface area contributed by atoms with Crippen molar-refractivity contribution >= 4 is 28.9 Å². The Bertz CT molecular complexity index is 1100. The lowest BCUT2D eigenvalue weighted by Gasteiger charge is -2.19. The number of hydrogen-bond acceptors (Lipinski definition) is 7. The van der Waals surface area contributed by atoms with E-state index >= 15 is 0 Å². The fraction of sp³-hybridized carbons (Fsp3) is 0.333. The van der Waals surface area contributed by atoms with Crippen molar-refractivity contribution in [3.63, 3.8) is 0 Å². The molecule has 0 unspecified atom stereocenters. The number of amides is 1. The molecule has 28 heavy (non-hydrogen) atoms. The third-order valence-electron chi connectivity index (χ3n) is 5.03. The number of nitrogens with zero attached hydrogens (tertiary/aromatic N) is 4. The van der Waals surface area contributed by atoms with E-state index in [2.05, 4.69) is 20.7 Å². The smallest absolute Gasteiger partial charge is 0.274 e. The normalized spacial score (nSPS) is 19.1. The minimum atomic E-state index is -0.640. The first kappa shape index (κ1) is 18.0. The van der Waals surface area contributed by atoms with E-state index < -0.39 is 12.0 Å². The SMILES string of the molecule is CNc1cc(Nc2cccn([C@@H]3CCC[C@@H]3O)c2=O)nc2c(C(N)=O)cnn12. The van der Waals surface area contributed by atoms with Gasteiger partial charge in [-0.25, -0.2) is 4.98 Å². The van der Waals surface area contributed by atoms with Crippen LogP contribution < -0.4 is 21.9 Å². The molecule has 10 heteroatoms. The Kier molecular flexibility index (Phi) is 4.47. The van der Waals surface area contributed by atoms with Crippen LogP contribution in [-0.4, -0.2) is 43.3 Å². The maximum Gasteiger partial charge on any atom is 0.274 e. The van der Waals surface area contributed by atoms with Gasteiger partial charge in [-0.05, 0) is 31.4 Å². The number of aliphatic hydroxyl groups is 1. The van der Waals surface area contributed by atoms with Crippen molar-refractivity contribution < 1.29 is 9.90 Å². The Morgan fingerprint density at radius 2 is 2.21 bits per heavy atom. The van der Waals surface area contributed by atoms with Gasteiger partial charge in [-0.3, -0.25) is 9.59 Å². The first-order valence-corrected chi connectivity index (χ1v) is 9.02. The summed E-state index contributed by atoms with van der Waals surface area (Å²) >= 11 is 0. The number of hydrogen-bond donors (Lipinski definition) is 4. The van der Waals surface area contributed by atoms with Crippen molar-refractivity contribution in [2.75, 3.05) is 17.7 Å².